The highest BCUT2D eigenvalue weighted by Crippen LogP contribution is 2.08. The summed E-state index contributed by atoms with van der Waals surface area (Å²) in [4.78, 5) is 17.4. The van der Waals surface area contributed by atoms with E-state index in [1.807, 2.05) is 37.3 Å². The van der Waals surface area contributed by atoms with Gasteiger partial charge in [0.15, 0.2) is 5.96 Å². The Morgan fingerprint density at radius 1 is 1.17 bits per heavy atom. The maximum atomic E-state index is 11.5. The molecule has 0 radical (unpaired) electrons. The smallest absolute Gasteiger partial charge is 0.251 e. The van der Waals surface area contributed by atoms with E-state index in [9.17, 15) is 4.79 Å². The summed E-state index contributed by atoms with van der Waals surface area (Å²) in [5.41, 5.74) is 1.72. The van der Waals surface area contributed by atoms with Crippen molar-refractivity contribution >= 4 is 47.2 Å². The Bertz CT molecular complexity index is 641. The van der Waals surface area contributed by atoms with Gasteiger partial charge in [0, 0.05) is 24.0 Å². The molecule has 3 N–H and O–H groups in total. The van der Waals surface area contributed by atoms with E-state index in [0.29, 0.717) is 12.1 Å². The van der Waals surface area contributed by atoms with Gasteiger partial charge in [0.05, 0.1) is 13.1 Å². The molecule has 24 heavy (non-hydrogen) atoms. The lowest BCUT2D eigenvalue weighted by Crippen LogP contribution is -2.36. The van der Waals surface area contributed by atoms with Crippen molar-refractivity contribution in [3.8, 4) is 0 Å². The second-order valence-corrected chi connectivity index (χ2v) is 5.94. The predicted molar refractivity (Wildman–Crippen MR) is 111 cm³/mol. The van der Waals surface area contributed by atoms with Crippen LogP contribution in [0.2, 0.25) is 0 Å². The predicted octanol–water partition coefficient (Wildman–Crippen LogP) is 2.98. The first-order valence-corrected chi connectivity index (χ1v) is 8.46. The molecule has 2 aromatic rings. The number of aliphatic imine (C=N–C) groups is 1. The minimum Gasteiger partial charge on any atom is -0.357 e. The third kappa shape index (κ3) is 6.48. The molecule has 1 aromatic heterocycles. The number of guanidine groups is 1. The van der Waals surface area contributed by atoms with Gasteiger partial charge in [-0.15, -0.1) is 35.3 Å². The fraction of sp³-hybridized carbons (Fsp3) is 0.294. The number of carbonyl (C=O) groups is 1. The maximum Gasteiger partial charge on any atom is 0.251 e. The number of hydrogen-bond donors (Lipinski definition) is 3. The fourth-order valence-corrected chi connectivity index (χ4v) is 2.65. The van der Waals surface area contributed by atoms with Crippen LogP contribution in [-0.4, -0.2) is 25.5 Å². The summed E-state index contributed by atoms with van der Waals surface area (Å²) < 4.78 is 0. The van der Waals surface area contributed by atoms with Gasteiger partial charge in [-0.3, -0.25) is 4.79 Å². The highest BCUT2D eigenvalue weighted by molar-refractivity contribution is 14.0. The van der Waals surface area contributed by atoms with E-state index in [1.54, 1.807) is 18.4 Å². The Balaban J connectivity index is 0.00000288. The van der Waals surface area contributed by atoms with Gasteiger partial charge in [0.1, 0.15) is 0 Å². The van der Waals surface area contributed by atoms with Crippen LogP contribution in [0.4, 0.5) is 0 Å². The van der Waals surface area contributed by atoms with Crippen molar-refractivity contribution in [2.24, 2.45) is 4.99 Å². The first-order valence-electron chi connectivity index (χ1n) is 7.58. The number of rotatable bonds is 6. The van der Waals surface area contributed by atoms with Crippen LogP contribution in [0.5, 0.6) is 0 Å². The summed E-state index contributed by atoms with van der Waals surface area (Å²) in [5.74, 6) is 0.710. The molecule has 0 aliphatic carbocycles. The summed E-state index contributed by atoms with van der Waals surface area (Å²) >= 11 is 1.72. The summed E-state index contributed by atoms with van der Waals surface area (Å²) in [6.07, 6.45) is 0. The van der Waals surface area contributed by atoms with Crippen LogP contribution < -0.4 is 16.0 Å². The number of halogens is 1. The average Bonchev–Trinajstić information content (AvgIpc) is 3.10. The quantitative estimate of drug-likeness (QED) is 0.354. The average molecular weight is 458 g/mol. The van der Waals surface area contributed by atoms with Gasteiger partial charge in [-0.05, 0) is 36.1 Å². The van der Waals surface area contributed by atoms with Crippen molar-refractivity contribution in [2.45, 2.75) is 20.0 Å². The summed E-state index contributed by atoms with van der Waals surface area (Å²) in [6.45, 7) is 4.18. The van der Waals surface area contributed by atoms with Crippen LogP contribution in [0.3, 0.4) is 0 Å². The lowest BCUT2D eigenvalue weighted by Gasteiger charge is -2.10. The van der Waals surface area contributed by atoms with Crippen LogP contribution in [0, 0.1) is 0 Å². The second kappa shape index (κ2) is 11.0. The van der Waals surface area contributed by atoms with Gasteiger partial charge in [-0.25, -0.2) is 4.99 Å². The molecule has 1 amide bonds. The molecule has 0 aliphatic heterocycles. The molecule has 5 nitrogen and oxygen atoms in total. The van der Waals surface area contributed by atoms with E-state index in [4.69, 9.17) is 0 Å². The van der Waals surface area contributed by atoms with Crippen molar-refractivity contribution in [3.05, 3.63) is 57.8 Å². The van der Waals surface area contributed by atoms with E-state index < -0.39 is 0 Å². The molecule has 0 fully saturated rings. The Morgan fingerprint density at radius 3 is 2.50 bits per heavy atom. The number of nitrogens with zero attached hydrogens (tertiary/aromatic N) is 1. The van der Waals surface area contributed by atoms with E-state index in [1.165, 1.54) is 4.88 Å². The molecule has 130 valence electrons. The Morgan fingerprint density at radius 2 is 1.92 bits per heavy atom. The monoisotopic (exact) mass is 458 g/mol. The van der Waals surface area contributed by atoms with Gasteiger partial charge < -0.3 is 16.0 Å². The molecule has 0 saturated heterocycles. The number of carbonyl (C=O) groups excluding carboxylic acids is 1. The standard InChI is InChI=1S/C17H22N4OS.HI/c1-3-19-17(21-12-15-5-4-10-23-15)20-11-13-6-8-14(9-7-13)16(22)18-2;/h4-10H,3,11-12H2,1-2H3,(H,18,22)(H2,19,20,21);1H. The van der Waals surface area contributed by atoms with Crippen LogP contribution in [0.1, 0.15) is 27.7 Å². The number of hydrogen-bond acceptors (Lipinski definition) is 3. The van der Waals surface area contributed by atoms with E-state index >= 15 is 0 Å². The highest BCUT2D eigenvalue weighted by Gasteiger charge is 2.03. The number of nitrogens with one attached hydrogen (secondary N) is 3. The zero-order chi connectivity index (χ0) is 16.5. The SMILES string of the molecule is CCNC(=NCc1ccc(C(=O)NC)cc1)NCc1cccs1.I. The van der Waals surface area contributed by atoms with Crippen molar-refractivity contribution in [3.63, 3.8) is 0 Å². The van der Waals surface area contributed by atoms with Crippen molar-refractivity contribution < 1.29 is 4.79 Å². The zero-order valence-electron chi connectivity index (χ0n) is 13.8. The normalized spacial score (nSPS) is 10.7. The number of thiophene rings is 1. The molecule has 0 saturated carbocycles. The maximum absolute atomic E-state index is 11.5. The molecule has 0 bridgehead atoms. The number of amides is 1. The molecule has 0 aliphatic rings. The van der Waals surface area contributed by atoms with Gasteiger partial charge in [0.2, 0.25) is 0 Å². The molecule has 0 atom stereocenters. The minimum absolute atomic E-state index is 0. The Kier molecular flexibility index (Phi) is 9.39. The van der Waals surface area contributed by atoms with Gasteiger partial charge in [-0.1, -0.05) is 18.2 Å². The van der Waals surface area contributed by atoms with Gasteiger partial charge in [0.25, 0.3) is 5.91 Å². The Labute approximate surface area is 164 Å². The molecular weight excluding hydrogens is 435 g/mol. The molecular formula is C17H23IN4OS. The summed E-state index contributed by atoms with van der Waals surface area (Å²) in [6, 6.07) is 11.6. The topological polar surface area (TPSA) is 65.5 Å². The third-order valence-electron chi connectivity index (χ3n) is 3.22. The molecule has 1 aromatic carbocycles. The molecule has 0 spiro atoms. The number of benzene rings is 1. The van der Waals surface area contributed by atoms with Gasteiger partial charge in [-0.2, -0.15) is 0 Å². The minimum atomic E-state index is -0.0778. The molecule has 1 heterocycles. The highest BCUT2D eigenvalue weighted by atomic mass is 127. The van der Waals surface area contributed by atoms with Gasteiger partial charge >= 0.3 is 0 Å². The zero-order valence-corrected chi connectivity index (χ0v) is 17.0. The first-order chi connectivity index (χ1) is 11.2. The van der Waals surface area contributed by atoms with Crippen molar-refractivity contribution in [1.82, 2.24) is 16.0 Å². The van der Waals surface area contributed by atoms with E-state index in [2.05, 4.69) is 32.4 Å². The van der Waals surface area contributed by atoms with Crippen LogP contribution in [-0.2, 0) is 13.1 Å². The van der Waals surface area contributed by atoms with E-state index in [-0.39, 0.29) is 29.9 Å². The largest absolute Gasteiger partial charge is 0.357 e. The van der Waals surface area contributed by atoms with Crippen molar-refractivity contribution in [1.29, 1.82) is 0 Å². The van der Waals surface area contributed by atoms with Crippen LogP contribution in [0.25, 0.3) is 0 Å². The first kappa shape index (κ1) is 20.4. The lowest BCUT2D eigenvalue weighted by molar-refractivity contribution is 0.0963. The summed E-state index contributed by atoms with van der Waals surface area (Å²) in [5, 5.41) is 11.2. The lowest BCUT2D eigenvalue weighted by atomic mass is 10.1. The molecule has 7 heteroatoms. The third-order valence-corrected chi connectivity index (χ3v) is 4.09. The molecule has 2 rings (SSSR count). The van der Waals surface area contributed by atoms with Crippen LogP contribution in [0.15, 0.2) is 46.8 Å². The van der Waals surface area contributed by atoms with Crippen molar-refractivity contribution in [2.75, 3.05) is 13.6 Å². The van der Waals surface area contributed by atoms with E-state index in [0.717, 1.165) is 24.6 Å². The molecule has 0 unspecified atom stereocenters. The Hall–Kier alpha value is -1.61. The summed E-state index contributed by atoms with van der Waals surface area (Å²) in [7, 11) is 1.63. The van der Waals surface area contributed by atoms with Crippen LogP contribution >= 0.6 is 35.3 Å². The second-order valence-electron chi connectivity index (χ2n) is 4.90. The fourth-order valence-electron chi connectivity index (χ4n) is 2.00.